The van der Waals surface area contributed by atoms with E-state index in [1.54, 1.807) is 0 Å². The molecule has 1 unspecified atom stereocenters. The average molecular weight is 368 g/mol. The zero-order valence-electron chi connectivity index (χ0n) is 15.8. The summed E-state index contributed by atoms with van der Waals surface area (Å²) in [5.74, 6) is 0. The second-order valence-electron chi connectivity index (χ2n) is 7.65. The molecule has 1 aliphatic heterocycles. The first-order chi connectivity index (χ1) is 13.8. The summed E-state index contributed by atoms with van der Waals surface area (Å²) in [6, 6.07) is 25.0. The predicted octanol–water partition coefficient (Wildman–Crippen LogP) is 5.23. The lowest BCUT2D eigenvalue weighted by molar-refractivity contribution is 0.115. The van der Waals surface area contributed by atoms with Gasteiger partial charge in [-0.15, -0.1) is 0 Å². The number of rotatable bonds is 3. The first-order valence-corrected chi connectivity index (χ1v) is 10.1. The number of hydrogen-bond donors (Lipinski definition) is 2. The molecule has 3 aromatic carbocycles. The standard InChI is InChI=1S/C25H24N2O/c28-25(22-12-6-7-15-26-22)21-16-23(18-9-2-1-3-10-18)27-24-19-11-5-4-8-17(19)13-14-20(21)24/h1-5,8-11,13-14,16,22,25-26,28H,6-7,12,15H2/t22?,25-/m0/s1. The monoisotopic (exact) mass is 368 g/mol. The lowest BCUT2D eigenvalue weighted by atomic mass is 9.91. The number of aromatic nitrogens is 1. The molecular weight excluding hydrogens is 344 g/mol. The van der Waals surface area contributed by atoms with Crippen molar-refractivity contribution in [3.63, 3.8) is 0 Å². The van der Waals surface area contributed by atoms with Crippen molar-refractivity contribution in [1.29, 1.82) is 0 Å². The minimum atomic E-state index is -0.547. The lowest BCUT2D eigenvalue weighted by Crippen LogP contribution is -2.38. The number of benzene rings is 3. The molecule has 28 heavy (non-hydrogen) atoms. The molecular formula is C25H24N2O. The third-order valence-corrected chi connectivity index (χ3v) is 5.85. The first kappa shape index (κ1) is 17.4. The topological polar surface area (TPSA) is 45.2 Å². The fourth-order valence-corrected chi connectivity index (χ4v) is 4.35. The van der Waals surface area contributed by atoms with Crippen LogP contribution in [-0.4, -0.2) is 22.7 Å². The highest BCUT2D eigenvalue weighted by Gasteiger charge is 2.25. The van der Waals surface area contributed by atoms with E-state index in [9.17, 15) is 5.11 Å². The molecule has 1 aromatic heterocycles. The highest BCUT2D eigenvalue weighted by Crippen LogP contribution is 2.35. The van der Waals surface area contributed by atoms with Gasteiger partial charge in [0.2, 0.25) is 0 Å². The molecule has 2 N–H and O–H groups in total. The molecule has 0 amide bonds. The van der Waals surface area contributed by atoms with Crippen LogP contribution in [0, 0.1) is 0 Å². The Bertz CT molecular complexity index is 1120. The summed E-state index contributed by atoms with van der Waals surface area (Å²) < 4.78 is 0. The summed E-state index contributed by atoms with van der Waals surface area (Å²) in [6.45, 7) is 0.971. The Hall–Kier alpha value is -2.75. The van der Waals surface area contributed by atoms with Crippen molar-refractivity contribution >= 4 is 21.7 Å². The minimum absolute atomic E-state index is 0.0921. The van der Waals surface area contributed by atoms with Crippen LogP contribution in [0.25, 0.3) is 32.9 Å². The van der Waals surface area contributed by atoms with E-state index < -0.39 is 6.10 Å². The fraction of sp³-hybridized carbons (Fsp3) is 0.240. The van der Waals surface area contributed by atoms with E-state index in [0.717, 1.165) is 52.5 Å². The molecule has 0 spiro atoms. The van der Waals surface area contributed by atoms with Gasteiger partial charge < -0.3 is 10.4 Å². The van der Waals surface area contributed by atoms with Gasteiger partial charge in [-0.2, -0.15) is 0 Å². The molecule has 1 aliphatic rings. The maximum Gasteiger partial charge on any atom is 0.0950 e. The highest BCUT2D eigenvalue weighted by atomic mass is 16.3. The van der Waals surface area contributed by atoms with Crippen LogP contribution in [-0.2, 0) is 0 Å². The molecule has 5 rings (SSSR count). The molecule has 2 atom stereocenters. The van der Waals surface area contributed by atoms with Crippen LogP contribution < -0.4 is 5.32 Å². The third-order valence-electron chi connectivity index (χ3n) is 5.85. The SMILES string of the molecule is O[C@@H](c1cc(-c2ccccc2)nc2c1ccc1ccccc12)C1CCCCN1. The van der Waals surface area contributed by atoms with Gasteiger partial charge >= 0.3 is 0 Å². The summed E-state index contributed by atoms with van der Waals surface area (Å²) in [5.41, 5.74) is 3.91. The Labute approximate surface area is 165 Å². The van der Waals surface area contributed by atoms with Gasteiger partial charge in [0.25, 0.3) is 0 Å². The van der Waals surface area contributed by atoms with Crippen LogP contribution in [0.3, 0.4) is 0 Å². The molecule has 2 heterocycles. The van der Waals surface area contributed by atoms with Gasteiger partial charge in [-0.25, -0.2) is 4.98 Å². The summed E-state index contributed by atoms with van der Waals surface area (Å²) in [4.78, 5) is 5.03. The van der Waals surface area contributed by atoms with Crippen LogP contribution in [0.4, 0.5) is 0 Å². The van der Waals surface area contributed by atoms with E-state index in [4.69, 9.17) is 4.98 Å². The molecule has 140 valence electrons. The largest absolute Gasteiger partial charge is 0.387 e. The Balaban J connectivity index is 1.76. The van der Waals surface area contributed by atoms with Crippen molar-refractivity contribution in [2.45, 2.75) is 31.4 Å². The van der Waals surface area contributed by atoms with Crippen LogP contribution >= 0.6 is 0 Å². The molecule has 1 fully saturated rings. The van der Waals surface area contributed by atoms with Gasteiger partial charge in [-0.05, 0) is 36.4 Å². The molecule has 0 bridgehead atoms. The minimum Gasteiger partial charge on any atom is -0.387 e. The van der Waals surface area contributed by atoms with Crippen molar-refractivity contribution in [3.05, 3.63) is 78.4 Å². The molecule has 3 nitrogen and oxygen atoms in total. The van der Waals surface area contributed by atoms with Crippen molar-refractivity contribution < 1.29 is 5.11 Å². The fourth-order valence-electron chi connectivity index (χ4n) is 4.35. The molecule has 0 saturated carbocycles. The summed E-state index contributed by atoms with van der Waals surface area (Å²) >= 11 is 0. The normalized spacial score (nSPS) is 18.4. The van der Waals surface area contributed by atoms with E-state index in [1.807, 2.05) is 18.2 Å². The van der Waals surface area contributed by atoms with E-state index >= 15 is 0 Å². The van der Waals surface area contributed by atoms with Gasteiger partial charge in [0, 0.05) is 22.4 Å². The van der Waals surface area contributed by atoms with Crippen LogP contribution in [0.2, 0.25) is 0 Å². The number of aliphatic hydroxyl groups is 1. The molecule has 4 aromatic rings. The zero-order valence-corrected chi connectivity index (χ0v) is 15.8. The first-order valence-electron chi connectivity index (χ1n) is 10.1. The van der Waals surface area contributed by atoms with Crippen molar-refractivity contribution in [3.8, 4) is 11.3 Å². The second kappa shape index (κ2) is 7.34. The number of fused-ring (bicyclic) bond motifs is 3. The van der Waals surface area contributed by atoms with E-state index in [2.05, 4.69) is 59.9 Å². The van der Waals surface area contributed by atoms with Crippen LogP contribution in [0.15, 0.2) is 72.8 Å². The van der Waals surface area contributed by atoms with E-state index in [0.29, 0.717) is 0 Å². The quantitative estimate of drug-likeness (QED) is 0.487. The zero-order chi connectivity index (χ0) is 18.9. The maximum absolute atomic E-state index is 11.3. The third kappa shape index (κ3) is 3.07. The van der Waals surface area contributed by atoms with E-state index in [-0.39, 0.29) is 6.04 Å². The van der Waals surface area contributed by atoms with Gasteiger partial charge in [-0.1, -0.05) is 73.2 Å². The second-order valence-corrected chi connectivity index (χ2v) is 7.65. The van der Waals surface area contributed by atoms with Gasteiger partial charge in [0.05, 0.1) is 17.3 Å². The summed E-state index contributed by atoms with van der Waals surface area (Å²) in [7, 11) is 0. The van der Waals surface area contributed by atoms with Gasteiger partial charge in [0.15, 0.2) is 0 Å². The Morgan fingerprint density at radius 2 is 1.71 bits per heavy atom. The predicted molar refractivity (Wildman–Crippen MR) is 115 cm³/mol. The van der Waals surface area contributed by atoms with E-state index in [1.165, 1.54) is 11.8 Å². The van der Waals surface area contributed by atoms with Crippen LogP contribution in [0.5, 0.6) is 0 Å². The van der Waals surface area contributed by atoms with Crippen molar-refractivity contribution in [2.24, 2.45) is 0 Å². The number of pyridine rings is 1. The molecule has 3 heteroatoms. The number of aliphatic hydroxyl groups excluding tert-OH is 1. The van der Waals surface area contributed by atoms with Crippen molar-refractivity contribution in [2.75, 3.05) is 6.54 Å². The maximum atomic E-state index is 11.3. The number of hydrogen-bond acceptors (Lipinski definition) is 3. The summed E-state index contributed by atoms with van der Waals surface area (Å²) in [6.07, 6.45) is 2.79. The van der Waals surface area contributed by atoms with Gasteiger partial charge in [-0.3, -0.25) is 0 Å². The number of nitrogens with one attached hydrogen (secondary N) is 1. The van der Waals surface area contributed by atoms with Crippen LogP contribution in [0.1, 0.15) is 30.9 Å². The molecule has 1 saturated heterocycles. The Morgan fingerprint density at radius 1 is 0.893 bits per heavy atom. The highest BCUT2D eigenvalue weighted by molar-refractivity contribution is 6.07. The average Bonchev–Trinajstić information content (AvgIpc) is 2.79. The number of piperidine rings is 1. The summed E-state index contributed by atoms with van der Waals surface area (Å²) in [5, 5.41) is 18.1. The lowest BCUT2D eigenvalue weighted by Gasteiger charge is -2.29. The Kier molecular flexibility index (Phi) is 4.55. The molecule has 0 radical (unpaired) electrons. The smallest absolute Gasteiger partial charge is 0.0950 e. The Morgan fingerprint density at radius 3 is 2.54 bits per heavy atom. The molecule has 0 aliphatic carbocycles. The van der Waals surface area contributed by atoms with Crippen molar-refractivity contribution in [1.82, 2.24) is 10.3 Å². The number of nitrogens with zero attached hydrogens (tertiary/aromatic N) is 1. The van der Waals surface area contributed by atoms with Gasteiger partial charge in [0.1, 0.15) is 0 Å².